The van der Waals surface area contributed by atoms with Crippen molar-refractivity contribution in [3.05, 3.63) is 24.0 Å². The summed E-state index contributed by atoms with van der Waals surface area (Å²) in [7, 11) is 0. The summed E-state index contributed by atoms with van der Waals surface area (Å²) in [6.45, 7) is 1.58. The van der Waals surface area contributed by atoms with Gasteiger partial charge in [-0.05, 0) is 18.9 Å². The fraction of sp³-hybridized carbons (Fsp3) is 0.545. The number of hydrogen-bond acceptors (Lipinski definition) is 3. The molecule has 0 aromatic heterocycles. The molecular formula is C11H15NO3. The average molecular weight is 209 g/mol. The van der Waals surface area contributed by atoms with Gasteiger partial charge < -0.3 is 9.84 Å². The quantitative estimate of drug-likeness (QED) is 0.737. The lowest BCUT2D eigenvalue weighted by atomic mass is 10.1. The largest absolute Gasteiger partial charge is 0.496 e. The van der Waals surface area contributed by atoms with E-state index in [1.807, 2.05) is 17.1 Å². The monoisotopic (exact) mass is 209 g/mol. The molecule has 1 heterocycles. The highest BCUT2D eigenvalue weighted by atomic mass is 16.5. The van der Waals surface area contributed by atoms with E-state index in [0.29, 0.717) is 6.61 Å². The molecule has 0 radical (unpaired) electrons. The zero-order chi connectivity index (χ0) is 10.7. The summed E-state index contributed by atoms with van der Waals surface area (Å²) in [5, 5.41) is 8.83. The van der Waals surface area contributed by atoms with Crippen molar-refractivity contribution in [2.75, 3.05) is 19.7 Å². The molecule has 1 unspecified atom stereocenters. The molecule has 4 nitrogen and oxygen atoms in total. The van der Waals surface area contributed by atoms with Gasteiger partial charge in [0.1, 0.15) is 5.76 Å². The van der Waals surface area contributed by atoms with Crippen LogP contribution in [0.25, 0.3) is 0 Å². The van der Waals surface area contributed by atoms with E-state index in [1.165, 1.54) is 0 Å². The minimum atomic E-state index is -0.772. The van der Waals surface area contributed by atoms with Crippen molar-refractivity contribution in [2.24, 2.45) is 0 Å². The van der Waals surface area contributed by atoms with E-state index in [2.05, 4.69) is 6.08 Å². The molecule has 0 spiro atoms. The van der Waals surface area contributed by atoms with Gasteiger partial charge in [-0.1, -0.05) is 12.2 Å². The third-order valence-electron chi connectivity index (χ3n) is 2.72. The van der Waals surface area contributed by atoms with Crippen molar-refractivity contribution in [1.82, 2.24) is 4.90 Å². The first-order chi connectivity index (χ1) is 7.27. The molecule has 2 aliphatic rings. The van der Waals surface area contributed by atoms with E-state index < -0.39 is 5.97 Å². The molecule has 0 aromatic rings. The van der Waals surface area contributed by atoms with Crippen LogP contribution in [0.15, 0.2) is 24.0 Å². The van der Waals surface area contributed by atoms with Gasteiger partial charge in [-0.15, -0.1) is 0 Å². The summed E-state index contributed by atoms with van der Waals surface area (Å²) in [5.41, 5.74) is 0. The molecule has 15 heavy (non-hydrogen) atoms. The van der Waals surface area contributed by atoms with Crippen LogP contribution in [0, 0.1) is 0 Å². The molecule has 1 atom stereocenters. The Kier molecular flexibility index (Phi) is 3.06. The Balaban J connectivity index is 2.12. The normalized spacial score (nSPS) is 26.1. The topological polar surface area (TPSA) is 49.8 Å². The van der Waals surface area contributed by atoms with Crippen LogP contribution in [0.2, 0.25) is 0 Å². The SMILES string of the molecule is O=C(O)CN1CCCOC2=CC=CCC21. The lowest BCUT2D eigenvalue weighted by Crippen LogP contribution is -2.40. The average Bonchev–Trinajstić information content (AvgIpc) is 2.41. The second kappa shape index (κ2) is 4.49. The standard InChI is InChI=1S/C11H15NO3/c13-11(14)8-12-6-3-7-15-10-5-2-1-4-9(10)12/h1-2,5,9H,3-4,6-8H2,(H,13,14). The fourth-order valence-corrected chi connectivity index (χ4v) is 2.05. The van der Waals surface area contributed by atoms with Gasteiger partial charge in [-0.3, -0.25) is 9.69 Å². The van der Waals surface area contributed by atoms with Crippen LogP contribution in [-0.2, 0) is 9.53 Å². The predicted molar refractivity (Wildman–Crippen MR) is 55.4 cm³/mol. The Morgan fingerprint density at radius 1 is 1.67 bits per heavy atom. The lowest BCUT2D eigenvalue weighted by Gasteiger charge is -2.29. The maximum atomic E-state index is 10.7. The van der Waals surface area contributed by atoms with Gasteiger partial charge >= 0.3 is 5.97 Å². The summed E-state index contributed by atoms with van der Waals surface area (Å²) >= 11 is 0. The Labute approximate surface area is 88.8 Å². The number of allylic oxidation sites excluding steroid dienone is 2. The third kappa shape index (κ3) is 2.39. The number of hydrogen-bond donors (Lipinski definition) is 1. The predicted octanol–water partition coefficient (Wildman–Crippen LogP) is 1.01. The van der Waals surface area contributed by atoms with Crippen LogP contribution in [0.5, 0.6) is 0 Å². The van der Waals surface area contributed by atoms with Crippen LogP contribution in [0.4, 0.5) is 0 Å². The molecule has 1 N–H and O–H groups in total. The van der Waals surface area contributed by atoms with Gasteiger partial charge in [0.25, 0.3) is 0 Å². The van der Waals surface area contributed by atoms with Crippen molar-refractivity contribution in [3.8, 4) is 0 Å². The Hall–Kier alpha value is -1.29. The maximum Gasteiger partial charge on any atom is 0.317 e. The zero-order valence-corrected chi connectivity index (χ0v) is 8.56. The Bertz CT molecular complexity index is 309. The van der Waals surface area contributed by atoms with Crippen LogP contribution < -0.4 is 0 Å². The third-order valence-corrected chi connectivity index (χ3v) is 2.72. The second-order valence-electron chi connectivity index (χ2n) is 3.81. The minimum absolute atomic E-state index is 0.0964. The smallest absolute Gasteiger partial charge is 0.317 e. The zero-order valence-electron chi connectivity index (χ0n) is 8.56. The number of carbonyl (C=O) groups is 1. The van der Waals surface area contributed by atoms with Crippen LogP contribution >= 0.6 is 0 Å². The van der Waals surface area contributed by atoms with E-state index >= 15 is 0 Å². The maximum absolute atomic E-state index is 10.7. The van der Waals surface area contributed by atoms with Gasteiger partial charge in [0, 0.05) is 6.54 Å². The molecule has 1 fully saturated rings. The second-order valence-corrected chi connectivity index (χ2v) is 3.81. The first kappa shape index (κ1) is 10.2. The number of rotatable bonds is 2. The van der Waals surface area contributed by atoms with E-state index in [4.69, 9.17) is 9.84 Å². The molecule has 1 aliphatic carbocycles. The fourth-order valence-electron chi connectivity index (χ4n) is 2.05. The van der Waals surface area contributed by atoms with Gasteiger partial charge in [-0.25, -0.2) is 0 Å². The number of ether oxygens (including phenoxy) is 1. The first-order valence-corrected chi connectivity index (χ1v) is 5.23. The van der Waals surface area contributed by atoms with Gasteiger partial charge in [0.2, 0.25) is 0 Å². The van der Waals surface area contributed by atoms with Gasteiger partial charge in [0.15, 0.2) is 0 Å². The van der Waals surface area contributed by atoms with Gasteiger partial charge in [0.05, 0.1) is 19.2 Å². The number of fused-ring (bicyclic) bond motifs is 1. The molecule has 0 aromatic carbocycles. The molecule has 0 saturated carbocycles. The van der Waals surface area contributed by atoms with Crippen molar-refractivity contribution in [1.29, 1.82) is 0 Å². The summed E-state index contributed by atoms with van der Waals surface area (Å²) in [6, 6.07) is 0.119. The molecule has 0 amide bonds. The van der Waals surface area contributed by atoms with Crippen LogP contribution in [-0.4, -0.2) is 41.7 Å². The van der Waals surface area contributed by atoms with Crippen molar-refractivity contribution in [2.45, 2.75) is 18.9 Å². The summed E-state index contributed by atoms with van der Waals surface area (Å²) < 4.78 is 5.59. The van der Waals surface area contributed by atoms with Gasteiger partial charge in [-0.2, -0.15) is 0 Å². The molecule has 1 saturated heterocycles. The highest BCUT2D eigenvalue weighted by Gasteiger charge is 2.27. The summed E-state index contributed by atoms with van der Waals surface area (Å²) in [6.07, 6.45) is 7.70. The molecule has 82 valence electrons. The minimum Gasteiger partial charge on any atom is -0.496 e. The number of aliphatic carboxylic acids is 1. The molecule has 1 aliphatic heterocycles. The number of nitrogens with zero attached hydrogens (tertiary/aromatic N) is 1. The molecule has 2 rings (SSSR count). The first-order valence-electron chi connectivity index (χ1n) is 5.23. The Morgan fingerprint density at radius 3 is 3.33 bits per heavy atom. The lowest BCUT2D eigenvalue weighted by molar-refractivity contribution is -0.138. The van der Waals surface area contributed by atoms with Crippen molar-refractivity contribution >= 4 is 5.97 Å². The van der Waals surface area contributed by atoms with E-state index in [9.17, 15) is 4.79 Å². The van der Waals surface area contributed by atoms with E-state index in [0.717, 1.165) is 25.1 Å². The van der Waals surface area contributed by atoms with Crippen molar-refractivity contribution in [3.63, 3.8) is 0 Å². The Morgan fingerprint density at radius 2 is 2.53 bits per heavy atom. The number of carboxylic acid groups (broad SMARTS) is 1. The van der Waals surface area contributed by atoms with Crippen molar-refractivity contribution < 1.29 is 14.6 Å². The van der Waals surface area contributed by atoms with E-state index in [1.54, 1.807) is 0 Å². The summed E-state index contributed by atoms with van der Waals surface area (Å²) in [4.78, 5) is 12.7. The van der Waals surface area contributed by atoms with Crippen LogP contribution in [0.1, 0.15) is 12.8 Å². The highest BCUT2D eigenvalue weighted by Crippen LogP contribution is 2.23. The molecular weight excluding hydrogens is 194 g/mol. The molecule has 4 heteroatoms. The van der Waals surface area contributed by atoms with E-state index in [-0.39, 0.29) is 12.6 Å². The van der Waals surface area contributed by atoms with Crippen LogP contribution in [0.3, 0.4) is 0 Å². The number of carboxylic acids is 1. The highest BCUT2D eigenvalue weighted by molar-refractivity contribution is 5.69. The molecule has 0 bridgehead atoms. The summed E-state index contributed by atoms with van der Waals surface area (Å²) in [5.74, 6) is 0.141.